The van der Waals surface area contributed by atoms with Crippen molar-refractivity contribution in [2.75, 3.05) is 6.54 Å². The predicted molar refractivity (Wildman–Crippen MR) is 80.2 cm³/mol. The number of hydrogen-bond acceptors (Lipinski definition) is 2. The van der Waals surface area contributed by atoms with Crippen LogP contribution in [-0.4, -0.2) is 6.54 Å². The van der Waals surface area contributed by atoms with Crippen molar-refractivity contribution in [3.05, 3.63) is 56.5 Å². The minimum Gasteiger partial charge on any atom is -0.306 e. The van der Waals surface area contributed by atoms with E-state index in [9.17, 15) is 13.2 Å². The largest absolute Gasteiger partial charge is 0.306 e. The minimum atomic E-state index is -1.42. The summed E-state index contributed by atoms with van der Waals surface area (Å²) in [5, 5.41) is 3.28. The lowest BCUT2D eigenvalue weighted by atomic mass is 9.98. The second-order valence-corrected chi connectivity index (χ2v) is 6.51. The Morgan fingerprint density at radius 1 is 1.10 bits per heavy atom. The first-order valence-electron chi connectivity index (χ1n) is 6.88. The summed E-state index contributed by atoms with van der Waals surface area (Å²) in [6.45, 7) is 6.69. The molecule has 5 heteroatoms. The summed E-state index contributed by atoms with van der Waals surface area (Å²) >= 11 is 1.64. The van der Waals surface area contributed by atoms with Gasteiger partial charge >= 0.3 is 0 Å². The van der Waals surface area contributed by atoms with Crippen LogP contribution < -0.4 is 5.32 Å². The van der Waals surface area contributed by atoms with Gasteiger partial charge in [-0.25, -0.2) is 13.2 Å². The van der Waals surface area contributed by atoms with Crippen LogP contribution in [0.5, 0.6) is 0 Å². The van der Waals surface area contributed by atoms with E-state index in [-0.39, 0.29) is 6.04 Å². The SMILES string of the molecule is CCCNC(c1cc(F)c(F)c(F)c1)c1cc(C)sc1C. The van der Waals surface area contributed by atoms with Crippen LogP contribution in [-0.2, 0) is 0 Å². The molecule has 114 valence electrons. The molecule has 0 bridgehead atoms. The molecule has 0 aliphatic rings. The maximum atomic E-state index is 13.5. The molecule has 1 unspecified atom stereocenters. The Hall–Kier alpha value is -1.33. The third-order valence-corrected chi connectivity index (χ3v) is 4.31. The van der Waals surface area contributed by atoms with E-state index in [2.05, 4.69) is 5.32 Å². The molecule has 21 heavy (non-hydrogen) atoms. The van der Waals surface area contributed by atoms with Gasteiger partial charge in [0.15, 0.2) is 17.5 Å². The van der Waals surface area contributed by atoms with Crippen molar-refractivity contribution in [1.82, 2.24) is 5.32 Å². The highest BCUT2D eigenvalue weighted by Gasteiger charge is 2.21. The molecule has 1 N–H and O–H groups in total. The Balaban J connectivity index is 2.47. The lowest BCUT2D eigenvalue weighted by Crippen LogP contribution is -2.23. The van der Waals surface area contributed by atoms with E-state index < -0.39 is 17.5 Å². The molecule has 0 radical (unpaired) electrons. The van der Waals surface area contributed by atoms with Crippen LogP contribution in [0.2, 0.25) is 0 Å². The van der Waals surface area contributed by atoms with Gasteiger partial charge in [-0.15, -0.1) is 11.3 Å². The molecule has 1 nitrogen and oxygen atoms in total. The molecule has 0 saturated carbocycles. The van der Waals surface area contributed by atoms with Crippen LogP contribution in [0.3, 0.4) is 0 Å². The number of thiophene rings is 1. The molecular formula is C16H18F3NS. The number of hydrogen-bond donors (Lipinski definition) is 1. The molecule has 0 aliphatic carbocycles. The molecule has 1 heterocycles. The molecule has 1 aromatic carbocycles. The van der Waals surface area contributed by atoms with Crippen LogP contribution in [0.25, 0.3) is 0 Å². The third kappa shape index (κ3) is 3.47. The van der Waals surface area contributed by atoms with Gasteiger partial charge in [0, 0.05) is 9.75 Å². The summed E-state index contributed by atoms with van der Waals surface area (Å²) in [5.41, 5.74) is 1.39. The Labute approximate surface area is 126 Å². The summed E-state index contributed by atoms with van der Waals surface area (Å²) < 4.78 is 40.2. The monoisotopic (exact) mass is 313 g/mol. The fourth-order valence-corrected chi connectivity index (χ4v) is 3.34. The fourth-order valence-electron chi connectivity index (χ4n) is 2.37. The summed E-state index contributed by atoms with van der Waals surface area (Å²) in [4.78, 5) is 2.22. The average Bonchev–Trinajstić information content (AvgIpc) is 2.75. The first kappa shape index (κ1) is 16.0. The second kappa shape index (κ2) is 6.62. The van der Waals surface area contributed by atoms with Gasteiger partial charge < -0.3 is 5.32 Å². The standard InChI is InChI=1S/C16H18F3NS/c1-4-5-20-16(12-6-9(2)21-10(12)3)11-7-13(17)15(19)14(18)8-11/h6-8,16,20H,4-5H2,1-3H3. The highest BCUT2D eigenvalue weighted by atomic mass is 32.1. The molecular weight excluding hydrogens is 295 g/mol. The van der Waals surface area contributed by atoms with E-state index in [1.807, 2.05) is 26.8 Å². The Kier molecular flexibility index (Phi) is 5.06. The molecule has 2 rings (SSSR count). The van der Waals surface area contributed by atoms with Gasteiger partial charge in [-0.1, -0.05) is 6.92 Å². The summed E-state index contributed by atoms with van der Waals surface area (Å²) in [6, 6.07) is 3.81. The summed E-state index contributed by atoms with van der Waals surface area (Å²) in [5.74, 6) is -3.73. The van der Waals surface area contributed by atoms with E-state index in [1.165, 1.54) is 0 Å². The number of halogens is 3. The number of nitrogens with one attached hydrogen (secondary N) is 1. The molecule has 1 aromatic heterocycles. The van der Waals surface area contributed by atoms with Crippen molar-refractivity contribution in [3.63, 3.8) is 0 Å². The zero-order chi connectivity index (χ0) is 15.6. The van der Waals surface area contributed by atoms with Crippen molar-refractivity contribution in [1.29, 1.82) is 0 Å². The van der Waals surface area contributed by atoms with Crippen LogP contribution >= 0.6 is 11.3 Å². The van der Waals surface area contributed by atoms with Gasteiger partial charge in [0.2, 0.25) is 0 Å². The molecule has 0 aliphatic heterocycles. The van der Waals surface area contributed by atoms with Crippen LogP contribution in [0.1, 0.15) is 40.3 Å². The molecule has 1 atom stereocenters. The van der Waals surface area contributed by atoms with Gasteiger partial charge in [-0.05, 0) is 56.1 Å². The topological polar surface area (TPSA) is 12.0 Å². The van der Waals surface area contributed by atoms with E-state index >= 15 is 0 Å². The fraction of sp³-hybridized carbons (Fsp3) is 0.375. The van der Waals surface area contributed by atoms with Gasteiger partial charge in [0.1, 0.15) is 0 Å². The Bertz CT molecular complexity index is 613. The van der Waals surface area contributed by atoms with Crippen molar-refractivity contribution < 1.29 is 13.2 Å². The van der Waals surface area contributed by atoms with Crippen molar-refractivity contribution in [2.45, 2.75) is 33.2 Å². The lowest BCUT2D eigenvalue weighted by Gasteiger charge is -2.20. The molecule has 0 amide bonds. The molecule has 0 spiro atoms. The highest BCUT2D eigenvalue weighted by Crippen LogP contribution is 2.32. The smallest absolute Gasteiger partial charge is 0.194 e. The average molecular weight is 313 g/mol. The maximum Gasteiger partial charge on any atom is 0.194 e. The highest BCUT2D eigenvalue weighted by molar-refractivity contribution is 7.12. The number of aryl methyl sites for hydroxylation is 2. The van der Waals surface area contributed by atoms with Crippen LogP contribution in [0.4, 0.5) is 13.2 Å². The predicted octanol–water partition coefficient (Wildman–Crippen LogP) is 4.87. The van der Waals surface area contributed by atoms with Gasteiger partial charge in [-0.2, -0.15) is 0 Å². The van der Waals surface area contributed by atoms with E-state index in [0.29, 0.717) is 12.1 Å². The van der Waals surface area contributed by atoms with Crippen molar-refractivity contribution in [3.8, 4) is 0 Å². The molecule has 0 saturated heterocycles. The maximum absolute atomic E-state index is 13.5. The zero-order valence-electron chi connectivity index (χ0n) is 12.3. The van der Waals surface area contributed by atoms with Crippen LogP contribution in [0, 0.1) is 31.3 Å². The van der Waals surface area contributed by atoms with Gasteiger partial charge in [0.25, 0.3) is 0 Å². The number of rotatable bonds is 5. The normalized spacial score (nSPS) is 12.7. The second-order valence-electron chi connectivity index (χ2n) is 5.05. The quantitative estimate of drug-likeness (QED) is 0.776. The summed E-state index contributed by atoms with van der Waals surface area (Å²) in [7, 11) is 0. The zero-order valence-corrected chi connectivity index (χ0v) is 13.1. The van der Waals surface area contributed by atoms with Gasteiger partial charge in [0.05, 0.1) is 6.04 Å². The van der Waals surface area contributed by atoms with E-state index in [0.717, 1.165) is 33.9 Å². The lowest BCUT2D eigenvalue weighted by molar-refractivity contribution is 0.442. The van der Waals surface area contributed by atoms with Crippen molar-refractivity contribution >= 4 is 11.3 Å². The number of benzene rings is 1. The van der Waals surface area contributed by atoms with Gasteiger partial charge in [-0.3, -0.25) is 0 Å². The molecule has 0 fully saturated rings. The van der Waals surface area contributed by atoms with Crippen LogP contribution in [0.15, 0.2) is 18.2 Å². The minimum absolute atomic E-state index is 0.334. The first-order chi connectivity index (χ1) is 9.93. The first-order valence-corrected chi connectivity index (χ1v) is 7.70. The van der Waals surface area contributed by atoms with E-state index in [4.69, 9.17) is 0 Å². The Morgan fingerprint density at radius 3 is 2.19 bits per heavy atom. The third-order valence-electron chi connectivity index (χ3n) is 3.33. The van der Waals surface area contributed by atoms with E-state index in [1.54, 1.807) is 11.3 Å². The molecule has 2 aromatic rings. The Morgan fingerprint density at radius 2 is 1.71 bits per heavy atom. The summed E-state index contributed by atoms with van der Waals surface area (Å²) in [6.07, 6.45) is 0.894. The van der Waals surface area contributed by atoms with Crippen molar-refractivity contribution in [2.24, 2.45) is 0 Å².